The van der Waals surface area contributed by atoms with E-state index < -0.39 is 24.3 Å². The summed E-state index contributed by atoms with van der Waals surface area (Å²) in [6.45, 7) is 1.54. The monoisotopic (exact) mass is 585 g/mol. The maximum Gasteiger partial charge on any atom is 0.429 e. The average Bonchev–Trinajstić information content (AvgIpc) is 3.35. The third-order valence-corrected chi connectivity index (χ3v) is 7.87. The minimum atomic E-state index is -4.85. The van der Waals surface area contributed by atoms with Crippen LogP contribution in [0.15, 0.2) is 48.5 Å². The van der Waals surface area contributed by atoms with Gasteiger partial charge in [0, 0.05) is 42.3 Å². The van der Waals surface area contributed by atoms with Gasteiger partial charge in [-0.15, -0.1) is 0 Å². The number of halogens is 4. The van der Waals surface area contributed by atoms with Crippen molar-refractivity contribution in [3.05, 3.63) is 64.7 Å². The quantitative estimate of drug-likeness (QED) is 0.444. The van der Waals surface area contributed by atoms with Gasteiger partial charge >= 0.3 is 6.18 Å². The molecule has 0 bridgehead atoms. The summed E-state index contributed by atoms with van der Waals surface area (Å²) < 4.78 is 49.0. The van der Waals surface area contributed by atoms with Crippen molar-refractivity contribution in [3.8, 4) is 23.1 Å². The number of piperidine rings is 1. The molecular formula is C28H25ClF3N6O3-. The molecular weight excluding hydrogens is 561 g/mol. The Kier molecular flexibility index (Phi) is 7.68. The predicted molar refractivity (Wildman–Crippen MR) is 143 cm³/mol. The van der Waals surface area contributed by atoms with Crippen LogP contribution in [0.2, 0.25) is 5.02 Å². The van der Waals surface area contributed by atoms with Crippen molar-refractivity contribution in [1.29, 1.82) is 5.26 Å². The van der Waals surface area contributed by atoms with E-state index in [1.807, 2.05) is 11.0 Å². The van der Waals surface area contributed by atoms with Crippen molar-refractivity contribution in [1.82, 2.24) is 15.3 Å². The number of alkyl halides is 3. The Morgan fingerprint density at radius 3 is 2.63 bits per heavy atom. The van der Waals surface area contributed by atoms with Crippen molar-refractivity contribution in [3.63, 3.8) is 0 Å². The van der Waals surface area contributed by atoms with Crippen LogP contribution in [0.4, 0.5) is 24.9 Å². The fourth-order valence-corrected chi connectivity index (χ4v) is 5.69. The second-order valence-electron chi connectivity index (χ2n) is 10.3. The molecule has 1 unspecified atom stereocenters. The highest BCUT2D eigenvalue weighted by molar-refractivity contribution is 6.30. The van der Waals surface area contributed by atoms with Gasteiger partial charge in [-0.2, -0.15) is 28.4 Å². The number of benzene rings is 2. The Morgan fingerprint density at radius 2 is 1.98 bits per heavy atom. The smallest absolute Gasteiger partial charge is 0.429 e. The number of hydrogen-bond donors (Lipinski definition) is 2. The number of carboxylic acid groups (broad SMARTS) is 1. The number of ether oxygens (including phenoxy) is 1. The molecule has 1 spiro atoms. The van der Waals surface area contributed by atoms with E-state index in [0.29, 0.717) is 50.3 Å². The van der Waals surface area contributed by atoms with E-state index in [-0.39, 0.29) is 39.0 Å². The number of carbonyl (C=O) groups is 1. The van der Waals surface area contributed by atoms with Crippen LogP contribution in [0.1, 0.15) is 36.5 Å². The lowest BCUT2D eigenvalue weighted by molar-refractivity contribution is -0.308. The Morgan fingerprint density at radius 1 is 1.22 bits per heavy atom. The molecule has 0 saturated carbocycles. The molecule has 3 aromatic rings. The third-order valence-electron chi connectivity index (χ3n) is 7.64. The van der Waals surface area contributed by atoms with Gasteiger partial charge in [0.1, 0.15) is 5.82 Å². The highest BCUT2D eigenvalue weighted by Crippen LogP contribution is 2.43. The molecule has 2 aliphatic rings. The zero-order chi connectivity index (χ0) is 29.4. The molecule has 41 heavy (non-hydrogen) atoms. The number of anilines is 2. The van der Waals surface area contributed by atoms with Crippen LogP contribution in [0.5, 0.6) is 5.88 Å². The Hall–Kier alpha value is -4.08. The fourth-order valence-electron chi connectivity index (χ4n) is 5.52. The van der Waals surface area contributed by atoms with Crippen LogP contribution in [-0.2, 0) is 4.79 Å². The molecule has 0 amide bonds. The third kappa shape index (κ3) is 6.16. The highest BCUT2D eigenvalue weighted by Gasteiger charge is 2.45. The van der Waals surface area contributed by atoms with Crippen LogP contribution >= 0.6 is 11.6 Å². The number of aromatic nitrogens is 2. The van der Waals surface area contributed by atoms with E-state index in [0.717, 1.165) is 0 Å². The Labute approximate surface area is 238 Å². The highest BCUT2D eigenvalue weighted by atomic mass is 35.5. The number of nitriles is 1. The molecule has 3 heterocycles. The summed E-state index contributed by atoms with van der Waals surface area (Å²) in [5.74, 6) is -1.43. The first-order valence-electron chi connectivity index (χ1n) is 12.8. The first-order chi connectivity index (χ1) is 19.5. The van der Waals surface area contributed by atoms with Gasteiger partial charge in [0.05, 0.1) is 17.6 Å². The lowest BCUT2D eigenvalue weighted by Crippen LogP contribution is -2.42. The first-order valence-corrected chi connectivity index (χ1v) is 13.2. The summed E-state index contributed by atoms with van der Waals surface area (Å²) in [6.07, 6.45) is -5.51. The van der Waals surface area contributed by atoms with Crippen molar-refractivity contribution >= 4 is 29.3 Å². The van der Waals surface area contributed by atoms with Gasteiger partial charge in [-0.25, -0.2) is 0 Å². The number of carbonyl (C=O) groups excluding carboxylic acids is 1. The van der Waals surface area contributed by atoms with E-state index in [1.165, 1.54) is 30.3 Å². The molecule has 0 aliphatic carbocycles. The summed E-state index contributed by atoms with van der Waals surface area (Å²) in [4.78, 5) is 21.3. The van der Waals surface area contributed by atoms with Crippen molar-refractivity contribution in [2.24, 2.45) is 5.41 Å². The Balaban J connectivity index is 1.42. The average molecular weight is 586 g/mol. The van der Waals surface area contributed by atoms with E-state index in [2.05, 4.69) is 15.3 Å². The first kappa shape index (κ1) is 28.4. The molecule has 5 rings (SSSR count). The zero-order valence-electron chi connectivity index (χ0n) is 21.6. The number of aliphatic carboxylic acids is 1. The standard InChI is InChI=1S/C28H26ClF3N6O3/c29-18-4-5-19(20(11-18)17-3-1-2-16(10-17)14-33)24(28(30,31)32)41-23-12-22(36-26(34)37-23)38-8-6-27(7-9-38)13-21(25(39)40)35-15-27/h1-5,10-12,21,24,35H,6-9,13,15H2,(H,39,40)(H2,34,36,37)/p-1/t21?,24-/m1/s1. The van der Waals surface area contributed by atoms with E-state index in [1.54, 1.807) is 18.2 Å². The molecule has 2 aromatic carbocycles. The largest absolute Gasteiger partial charge is 0.548 e. The Bertz CT molecular complexity index is 1500. The minimum Gasteiger partial charge on any atom is -0.548 e. The fraction of sp³-hybridized carbons (Fsp3) is 0.357. The molecule has 214 valence electrons. The van der Waals surface area contributed by atoms with Gasteiger partial charge in [0.15, 0.2) is 0 Å². The molecule has 3 N–H and O–H groups in total. The van der Waals surface area contributed by atoms with Gasteiger partial charge in [-0.05, 0) is 60.1 Å². The molecule has 2 atom stereocenters. The molecule has 13 heteroatoms. The predicted octanol–water partition coefficient (Wildman–Crippen LogP) is 3.63. The summed E-state index contributed by atoms with van der Waals surface area (Å²) in [7, 11) is 0. The molecule has 2 saturated heterocycles. The van der Waals surface area contributed by atoms with Crippen molar-refractivity contribution < 1.29 is 27.8 Å². The summed E-state index contributed by atoms with van der Waals surface area (Å²) in [5, 5.41) is 23.8. The SMILES string of the molecule is N#Cc1cccc(-c2cc(Cl)ccc2[C@@H](Oc2cc(N3CCC4(CC3)CNC(C(=O)[O-])C4)nc(N)n2)C(F)(F)F)c1. The van der Waals surface area contributed by atoms with Gasteiger partial charge in [-0.3, -0.25) is 0 Å². The lowest BCUT2D eigenvalue weighted by atomic mass is 9.76. The van der Waals surface area contributed by atoms with Gasteiger partial charge in [0.25, 0.3) is 0 Å². The molecule has 0 radical (unpaired) electrons. The van der Waals surface area contributed by atoms with Crippen LogP contribution in [0.3, 0.4) is 0 Å². The minimum absolute atomic E-state index is 0.153. The lowest BCUT2D eigenvalue weighted by Gasteiger charge is -2.39. The number of nitrogen functional groups attached to an aromatic ring is 1. The summed E-state index contributed by atoms with van der Waals surface area (Å²) >= 11 is 6.15. The van der Waals surface area contributed by atoms with E-state index in [4.69, 9.17) is 22.1 Å². The summed E-state index contributed by atoms with van der Waals surface area (Å²) in [5.41, 5.74) is 6.27. The number of nitrogens with one attached hydrogen (secondary N) is 1. The van der Waals surface area contributed by atoms with E-state index >= 15 is 0 Å². The zero-order valence-corrected chi connectivity index (χ0v) is 22.4. The second kappa shape index (κ2) is 11.1. The second-order valence-corrected chi connectivity index (χ2v) is 10.8. The number of hydrogen-bond acceptors (Lipinski definition) is 9. The maximum atomic E-state index is 14.5. The summed E-state index contributed by atoms with van der Waals surface area (Å²) in [6, 6.07) is 12.7. The molecule has 9 nitrogen and oxygen atoms in total. The molecule has 2 fully saturated rings. The van der Waals surface area contributed by atoms with Gasteiger partial charge in [-0.1, -0.05) is 29.8 Å². The number of rotatable bonds is 6. The molecule has 2 aliphatic heterocycles. The van der Waals surface area contributed by atoms with Crippen LogP contribution < -0.4 is 25.8 Å². The number of nitrogens with two attached hydrogens (primary N) is 1. The van der Waals surface area contributed by atoms with Crippen LogP contribution in [0.25, 0.3) is 11.1 Å². The normalized spacial score (nSPS) is 19.1. The van der Waals surface area contributed by atoms with Crippen molar-refractivity contribution in [2.45, 2.75) is 37.6 Å². The van der Waals surface area contributed by atoms with Crippen LogP contribution in [0, 0.1) is 16.7 Å². The van der Waals surface area contributed by atoms with Gasteiger partial charge in [0.2, 0.25) is 17.9 Å². The topological polar surface area (TPSA) is 140 Å². The molecule has 1 aromatic heterocycles. The number of carboxylic acids is 1. The van der Waals surface area contributed by atoms with Crippen molar-refractivity contribution in [2.75, 3.05) is 30.3 Å². The maximum absolute atomic E-state index is 14.5. The van der Waals surface area contributed by atoms with E-state index in [9.17, 15) is 28.3 Å². The van der Waals surface area contributed by atoms with Gasteiger partial charge < -0.3 is 30.6 Å². The number of nitrogens with zero attached hydrogens (tertiary/aromatic N) is 4. The van der Waals surface area contributed by atoms with Crippen LogP contribution in [-0.4, -0.2) is 47.8 Å².